The highest BCUT2D eigenvalue weighted by Gasteiger charge is 2.65. The Morgan fingerprint density at radius 1 is 0.732 bits per heavy atom. The average Bonchev–Trinajstić information content (AvgIpc) is 3.72. The summed E-state index contributed by atoms with van der Waals surface area (Å²) in [6, 6.07) is 0. The van der Waals surface area contributed by atoms with Crippen LogP contribution in [0.15, 0.2) is 11.1 Å². The lowest BCUT2D eigenvalue weighted by molar-refractivity contribution is -0.226. The van der Waals surface area contributed by atoms with Crippen LogP contribution in [-0.4, -0.2) is 165 Å². The highest BCUT2D eigenvalue weighted by molar-refractivity contribution is 5.40. The predicted molar refractivity (Wildman–Crippen MR) is 200 cm³/mol. The van der Waals surface area contributed by atoms with Crippen LogP contribution in [0.2, 0.25) is 0 Å². The molecule has 56 heavy (non-hydrogen) atoms. The molecule has 0 spiro atoms. The Morgan fingerprint density at radius 2 is 1.36 bits per heavy atom. The molecule has 0 bridgehead atoms. The van der Waals surface area contributed by atoms with Gasteiger partial charge in [0.25, 0.3) is 0 Å². The molecular formula is C41H70O15. The third-order valence-corrected chi connectivity index (χ3v) is 14.8. The van der Waals surface area contributed by atoms with Crippen LogP contribution in [-0.2, 0) is 28.4 Å². The first-order chi connectivity index (χ1) is 26.4. The molecule has 9 N–H and O–H groups in total. The zero-order chi connectivity index (χ0) is 41.0. The lowest BCUT2D eigenvalue weighted by Gasteiger charge is -2.60. The van der Waals surface area contributed by atoms with Gasteiger partial charge in [0, 0.05) is 20.1 Å². The van der Waals surface area contributed by atoms with Crippen LogP contribution in [0.5, 0.6) is 0 Å². The van der Waals surface area contributed by atoms with Gasteiger partial charge in [-0.2, -0.15) is 0 Å². The van der Waals surface area contributed by atoms with Crippen molar-refractivity contribution in [3.8, 4) is 0 Å². The summed E-state index contributed by atoms with van der Waals surface area (Å²) >= 11 is 0. The summed E-state index contributed by atoms with van der Waals surface area (Å²) in [5, 5.41) is 100. The van der Waals surface area contributed by atoms with E-state index in [1.54, 1.807) is 0 Å². The minimum Gasteiger partial charge on any atom is -0.390 e. The molecule has 21 atom stereocenters. The topological polar surface area (TPSA) is 237 Å². The second kappa shape index (κ2) is 17.6. The Balaban J connectivity index is 1.31. The van der Waals surface area contributed by atoms with Crippen LogP contribution < -0.4 is 0 Å². The fourth-order valence-electron chi connectivity index (χ4n) is 12.0. The van der Waals surface area contributed by atoms with Crippen molar-refractivity contribution in [2.45, 2.75) is 178 Å². The number of aliphatic hydroxyl groups excluding tert-OH is 9. The normalized spacial score (nSPS) is 48.2. The van der Waals surface area contributed by atoms with Gasteiger partial charge in [-0.15, -0.1) is 0 Å². The minimum atomic E-state index is -1.60. The molecule has 15 nitrogen and oxygen atoms in total. The van der Waals surface area contributed by atoms with Gasteiger partial charge in [0.15, 0.2) is 12.6 Å². The Kier molecular flexibility index (Phi) is 14.1. The van der Waals surface area contributed by atoms with Gasteiger partial charge < -0.3 is 74.4 Å². The average molecular weight is 803 g/mol. The zero-order valence-corrected chi connectivity index (χ0v) is 34.1. The van der Waals surface area contributed by atoms with E-state index in [0.717, 1.165) is 43.3 Å². The Hall–Kier alpha value is -0.860. The highest BCUT2D eigenvalue weighted by atomic mass is 16.8. The molecule has 21 unspecified atom stereocenters. The summed E-state index contributed by atoms with van der Waals surface area (Å²) in [5.41, 5.74) is 0.851. The van der Waals surface area contributed by atoms with E-state index in [9.17, 15) is 46.0 Å². The van der Waals surface area contributed by atoms with Gasteiger partial charge >= 0.3 is 0 Å². The molecule has 324 valence electrons. The summed E-state index contributed by atoms with van der Waals surface area (Å²) in [6.07, 6.45) is -12.9. The number of hydrogen-bond acceptors (Lipinski definition) is 15. The molecule has 15 heteroatoms. The van der Waals surface area contributed by atoms with Crippen molar-refractivity contribution in [2.75, 3.05) is 27.4 Å². The predicted octanol–water partition coefficient (Wildman–Crippen LogP) is 0.373. The number of fused-ring (bicyclic) bond motifs is 4. The molecule has 2 aliphatic heterocycles. The first kappa shape index (κ1) is 44.7. The van der Waals surface area contributed by atoms with Crippen LogP contribution in [0.4, 0.5) is 0 Å². The van der Waals surface area contributed by atoms with E-state index in [1.807, 2.05) is 0 Å². The summed E-state index contributed by atoms with van der Waals surface area (Å²) < 4.78 is 35.1. The van der Waals surface area contributed by atoms with E-state index in [2.05, 4.69) is 34.6 Å². The molecule has 5 fully saturated rings. The maximum Gasteiger partial charge on any atom is 0.187 e. The van der Waals surface area contributed by atoms with Crippen molar-refractivity contribution in [1.29, 1.82) is 0 Å². The van der Waals surface area contributed by atoms with Crippen molar-refractivity contribution >= 4 is 0 Å². The van der Waals surface area contributed by atoms with Crippen molar-refractivity contribution in [2.24, 2.45) is 40.4 Å². The van der Waals surface area contributed by atoms with Gasteiger partial charge in [0.1, 0.15) is 54.9 Å². The standard InChI is InChI=1S/C41H70O15/c1-18(2)9-8-10-19(3)27-25(15-21-26-20(11-13-41(21,27)5)40(4)14-12-22(42)29(45)28(40)31(47)30(26)46)53-39-34(50)37(36(55-39)24(44)17-52-7)56-38-33(49)32(48)35(54-38)23(43)16-51-6/h18-20,22-25,27-39,42-50H,8-17H2,1-7H3. The van der Waals surface area contributed by atoms with Crippen LogP contribution in [0.1, 0.15) is 86.0 Å². The van der Waals surface area contributed by atoms with E-state index in [1.165, 1.54) is 14.2 Å². The van der Waals surface area contributed by atoms with E-state index in [4.69, 9.17) is 28.4 Å². The van der Waals surface area contributed by atoms with Gasteiger partial charge in [0.05, 0.1) is 37.6 Å². The Bertz CT molecular complexity index is 1350. The molecular weight excluding hydrogens is 732 g/mol. The van der Waals surface area contributed by atoms with Crippen molar-refractivity contribution < 1.29 is 74.4 Å². The summed E-state index contributed by atoms with van der Waals surface area (Å²) in [4.78, 5) is 0. The first-order valence-electron chi connectivity index (χ1n) is 20.9. The number of rotatable bonds is 15. The fourth-order valence-corrected chi connectivity index (χ4v) is 12.0. The van der Waals surface area contributed by atoms with Crippen LogP contribution in [0.25, 0.3) is 0 Å². The molecule has 0 aromatic carbocycles. The molecule has 0 amide bonds. The van der Waals surface area contributed by atoms with Crippen LogP contribution in [0.3, 0.4) is 0 Å². The second-order valence-electron chi connectivity index (χ2n) is 18.8. The third kappa shape index (κ3) is 7.91. The molecule has 6 aliphatic rings. The number of ether oxygens (including phenoxy) is 6. The lowest BCUT2D eigenvalue weighted by Crippen LogP contribution is -2.63. The number of aliphatic hydroxyl groups is 9. The monoisotopic (exact) mass is 802 g/mol. The molecule has 4 aliphatic carbocycles. The van der Waals surface area contributed by atoms with Gasteiger partial charge in [-0.25, -0.2) is 0 Å². The molecule has 6 rings (SSSR count). The van der Waals surface area contributed by atoms with Crippen molar-refractivity contribution in [1.82, 2.24) is 0 Å². The number of hydrogen-bond donors (Lipinski definition) is 9. The van der Waals surface area contributed by atoms with E-state index >= 15 is 0 Å². The minimum absolute atomic E-state index is 0.0805. The molecule has 2 saturated heterocycles. The van der Waals surface area contributed by atoms with Crippen molar-refractivity contribution in [3.63, 3.8) is 0 Å². The molecule has 0 radical (unpaired) electrons. The van der Waals surface area contributed by atoms with Crippen LogP contribution >= 0.6 is 0 Å². The highest BCUT2D eigenvalue weighted by Crippen LogP contribution is 2.66. The molecule has 0 aromatic rings. The Labute approximate surface area is 330 Å². The van der Waals surface area contributed by atoms with Gasteiger partial charge in [-0.3, -0.25) is 0 Å². The van der Waals surface area contributed by atoms with Gasteiger partial charge in [0.2, 0.25) is 0 Å². The molecule has 3 saturated carbocycles. The van der Waals surface area contributed by atoms with E-state index < -0.39 is 109 Å². The zero-order valence-electron chi connectivity index (χ0n) is 34.1. The summed E-state index contributed by atoms with van der Waals surface area (Å²) in [6.45, 7) is 10.6. The largest absolute Gasteiger partial charge is 0.390 e. The van der Waals surface area contributed by atoms with E-state index in [0.29, 0.717) is 25.2 Å². The SMILES string of the molecule is COCC(O)C1OC(OC2C(O)C(OC3CC4=C5C(O)C(O)C6C(O)C(O)CCC6(C)C5CCC4(C)C3C(C)CCCC(C)C)OC2C(O)COC)C(O)C1O. The van der Waals surface area contributed by atoms with Gasteiger partial charge in [-0.05, 0) is 72.2 Å². The third-order valence-electron chi connectivity index (χ3n) is 14.8. The lowest BCUT2D eigenvalue weighted by atomic mass is 9.47. The first-order valence-corrected chi connectivity index (χ1v) is 20.9. The fraction of sp³-hybridized carbons (Fsp3) is 0.951. The van der Waals surface area contributed by atoms with Gasteiger partial charge in [-0.1, -0.05) is 59.5 Å². The second-order valence-corrected chi connectivity index (χ2v) is 18.8. The quantitative estimate of drug-likeness (QED) is 0.102. The number of methoxy groups -OCH3 is 2. The van der Waals surface area contributed by atoms with Crippen LogP contribution in [0, 0.1) is 40.4 Å². The summed E-state index contributed by atoms with van der Waals surface area (Å²) in [7, 11) is 2.78. The summed E-state index contributed by atoms with van der Waals surface area (Å²) in [5.74, 6) is -0.196. The Morgan fingerprint density at radius 3 is 2.00 bits per heavy atom. The molecule has 0 aromatic heterocycles. The molecule has 2 heterocycles. The maximum absolute atomic E-state index is 11.9. The van der Waals surface area contributed by atoms with Crippen molar-refractivity contribution in [3.05, 3.63) is 11.1 Å². The van der Waals surface area contributed by atoms with E-state index in [-0.39, 0.29) is 31.0 Å². The smallest absolute Gasteiger partial charge is 0.187 e. The maximum atomic E-state index is 11.9.